The van der Waals surface area contributed by atoms with Crippen molar-refractivity contribution < 1.29 is 22.9 Å². The Kier molecular flexibility index (Phi) is 3.37. The second-order valence-electron chi connectivity index (χ2n) is 4.46. The number of hydrogen-bond donors (Lipinski definition) is 1. The molecule has 1 fully saturated rings. The fourth-order valence-corrected chi connectivity index (χ4v) is 1.95. The van der Waals surface area contributed by atoms with Crippen molar-refractivity contribution in [1.82, 2.24) is 5.32 Å². The minimum absolute atomic E-state index is 0.188. The van der Waals surface area contributed by atoms with Crippen LogP contribution < -0.4 is 5.32 Å². The second kappa shape index (κ2) is 4.62. The summed E-state index contributed by atoms with van der Waals surface area (Å²) in [7, 11) is 0. The summed E-state index contributed by atoms with van der Waals surface area (Å²) >= 11 is 5.69. The Morgan fingerprint density at radius 2 is 2.00 bits per heavy atom. The highest BCUT2D eigenvalue weighted by atomic mass is 35.5. The summed E-state index contributed by atoms with van der Waals surface area (Å²) in [4.78, 5) is 21.6. The molecule has 1 amide bonds. The third-order valence-electron chi connectivity index (χ3n) is 3.05. The Morgan fingerprint density at radius 1 is 1.40 bits per heavy atom. The summed E-state index contributed by atoms with van der Waals surface area (Å²) < 4.78 is 38.1. The largest absolute Gasteiger partial charge is 0.411 e. The maximum absolute atomic E-state index is 12.7. The molecule has 20 heavy (non-hydrogen) atoms. The fourth-order valence-electron chi connectivity index (χ4n) is 1.69. The number of halogens is 4. The lowest BCUT2D eigenvalue weighted by atomic mass is 10.1. The van der Waals surface area contributed by atoms with Gasteiger partial charge in [-0.2, -0.15) is 13.2 Å². The van der Waals surface area contributed by atoms with Crippen LogP contribution in [-0.4, -0.2) is 22.5 Å². The van der Waals surface area contributed by atoms with E-state index in [2.05, 4.69) is 0 Å². The number of rotatable bonds is 3. The van der Waals surface area contributed by atoms with Gasteiger partial charge in [0.15, 0.2) is 0 Å². The summed E-state index contributed by atoms with van der Waals surface area (Å²) in [5, 5.41) is 12.1. The van der Waals surface area contributed by atoms with Gasteiger partial charge in [-0.25, -0.2) is 0 Å². The Labute approximate surface area is 115 Å². The highest BCUT2D eigenvalue weighted by molar-refractivity contribution is 6.34. The van der Waals surface area contributed by atoms with E-state index in [1.807, 2.05) is 5.32 Å². The summed E-state index contributed by atoms with van der Waals surface area (Å²) in [6.07, 6.45) is -4.91. The number of carbonyl (C=O) groups excluding carboxylic acids is 1. The zero-order valence-corrected chi connectivity index (χ0v) is 10.6. The molecule has 0 aliphatic heterocycles. The standard InChI is InChI=1S/C11H8ClF3N2O3/c12-8-5-6(17(19)20)1-2-7(8)9(18)16-10(3-4-10)11(13,14)15/h1-2,5H,3-4H2,(H,16,18). The van der Waals surface area contributed by atoms with E-state index in [1.54, 1.807) is 0 Å². The van der Waals surface area contributed by atoms with Crippen molar-refractivity contribution in [3.63, 3.8) is 0 Å². The van der Waals surface area contributed by atoms with E-state index in [-0.39, 0.29) is 29.1 Å². The molecule has 0 radical (unpaired) electrons. The molecule has 5 nitrogen and oxygen atoms in total. The molecule has 9 heteroatoms. The Bertz CT molecular complexity index is 585. The molecule has 0 saturated heterocycles. The lowest BCUT2D eigenvalue weighted by Gasteiger charge is -2.20. The van der Waals surface area contributed by atoms with Crippen molar-refractivity contribution in [3.05, 3.63) is 38.9 Å². The van der Waals surface area contributed by atoms with Crippen LogP contribution in [0.4, 0.5) is 18.9 Å². The minimum Gasteiger partial charge on any atom is -0.338 e. The molecular formula is C11H8ClF3N2O3. The first-order valence-corrected chi connectivity index (χ1v) is 5.87. The SMILES string of the molecule is O=C(NC1(C(F)(F)F)CC1)c1ccc([N+](=O)[O-])cc1Cl. The van der Waals surface area contributed by atoms with Crippen molar-refractivity contribution >= 4 is 23.2 Å². The predicted molar refractivity (Wildman–Crippen MR) is 63.6 cm³/mol. The van der Waals surface area contributed by atoms with Gasteiger partial charge in [-0.3, -0.25) is 14.9 Å². The van der Waals surface area contributed by atoms with Crippen molar-refractivity contribution in [3.8, 4) is 0 Å². The van der Waals surface area contributed by atoms with Gasteiger partial charge in [0.2, 0.25) is 0 Å². The first kappa shape index (κ1) is 14.6. The molecule has 108 valence electrons. The molecule has 1 N–H and O–H groups in total. The molecule has 0 atom stereocenters. The van der Waals surface area contributed by atoms with E-state index in [0.29, 0.717) is 0 Å². The second-order valence-corrected chi connectivity index (χ2v) is 4.86. The van der Waals surface area contributed by atoms with E-state index in [4.69, 9.17) is 11.6 Å². The van der Waals surface area contributed by atoms with Crippen LogP contribution in [0.25, 0.3) is 0 Å². The molecule has 0 unspecified atom stereocenters. The van der Waals surface area contributed by atoms with Crippen LogP contribution in [0.15, 0.2) is 18.2 Å². The molecule has 0 bridgehead atoms. The quantitative estimate of drug-likeness (QED) is 0.689. The number of hydrogen-bond acceptors (Lipinski definition) is 3. The first-order chi connectivity index (χ1) is 9.16. The average Bonchev–Trinajstić information content (AvgIpc) is 3.08. The summed E-state index contributed by atoms with van der Waals surface area (Å²) in [5.41, 5.74) is -2.77. The number of carbonyl (C=O) groups is 1. The van der Waals surface area contributed by atoms with Gasteiger partial charge >= 0.3 is 6.18 Å². The lowest BCUT2D eigenvalue weighted by molar-refractivity contribution is -0.384. The lowest BCUT2D eigenvalue weighted by Crippen LogP contribution is -2.47. The van der Waals surface area contributed by atoms with Crippen molar-refractivity contribution in [2.75, 3.05) is 0 Å². The van der Waals surface area contributed by atoms with Crippen LogP contribution in [0, 0.1) is 10.1 Å². The average molecular weight is 309 g/mol. The zero-order chi connectivity index (χ0) is 15.1. The van der Waals surface area contributed by atoms with Crippen molar-refractivity contribution in [2.45, 2.75) is 24.6 Å². The van der Waals surface area contributed by atoms with Crippen LogP contribution in [0.3, 0.4) is 0 Å². The monoisotopic (exact) mass is 308 g/mol. The summed E-state index contributed by atoms with van der Waals surface area (Å²) in [5.74, 6) is -1.00. The Balaban J connectivity index is 2.21. The molecule has 1 aliphatic carbocycles. The molecule has 1 aromatic carbocycles. The maximum atomic E-state index is 12.7. The number of nitro benzene ring substituents is 1. The smallest absolute Gasteiger partial charge is 0.338 e. The molecule has 0 heterocycles. The highest BCUT2D eigenvalue weighted by Gasteiger charge is 2.64. The van der Waals surface area contributed by atoms with Crippen LogP contribution in [0.1, 0.15) is 23.2 Å². The van der Waals surface area contributed by atoms with Gasteiger partial charge in [-0.1, -0.05) is 11.6 Å². The third-order valence-corrected chi connectivity index (χ3v) is 3.37. The number of nitrogens with one attached hydrogen (secondary N) is 1. The van der Waals surface area contributed by atoms with Crippen LogP contribution in [0.5, 0.6) is 0 Å². The molecule has 1 saturated carbocycles. The zero-order valence-electron chi connectivity index (χ0n) is 9.83. The molecule has 0 spiro atoms. The Hall–Kier alpha value is -1.83. The number of non-ortho nitro benzene ring substituents is 1. The Morgan fingerprint density at radius 3 is 2.40 bits per heavy atom. The van der Waals surface area contributed by atoms with Gasteiger partial charge < -0.3 is 5.32 Å². The molecular weight excluding hydrogens is 301 g/mol. The van der Waals surface area contributed by atoms with Gasteiger partial charge in [0.05, 0.1) is 15.5 Å². The number of nitrogens with zero attached hydrogens (tertiary/aromatic N) is 1. The predicted octanol–water partition coefficient (Wildman–Crippen LogP) is 3.07. The third kappa shape index (κ3) is 2.55. The van der Waals surface area contributed by atoms with Crippen LogP contribution in [-0.2, 0) is 0 Å². The molecule has 1 aromatic rings. The topological polar surface area (TPSA) is 72.2 Å². The van der Waals surface area contributed by atoms with E-state index in [9.17, 15) is 28.1 Å². The van der Waals surface area contributed by atoms with Gasteiger partial charge in [-0.05, 0) is 18.9 Å². The maximum Gasteiger partial charge on any atom is 0.411 e. The number of amides is 1. The van der Waals surface area contributed by atoms with Crippen LogP contribution in [0.2, 0.25) is 5.02 Å². The molecule has 2 rings (SSSR count). The van der Waals surface area contributed by atoms with Gasteiger partial charge in [0, 0.05) is 12.1 Å². The number of benzene rings is 1. The molecule has 0 aromatic heterocycles. The van der Waals surface area contributed by atoms with Gasteiger partial charge in [0.25, 0.3) is 11.6 Å². The number of nitro groups is 1. The first-order valence-electron chi connectivity index (χ1n) is 5.49. The van der Waals surface area contributed by atoms with E-state index >= 15 is 0 Å². The minimum atomic E-state index is -4.53. The molecule has 1 aliphatic rings. The normalized spacial score (nSPS) is 16.6. The van der Waals surface area contributed by atoms with Gasteiger partial charge in [-0.15, -0.1) is 0 Å². The number of alkyl halides is 3. The van der Waals surface area contributed by atoms with Gasteiger partial charge in [0.1, 0.15) is 5.54 Å². The highest BCUT2D eigenvalue weighted by Crippen LogP contribution is 2.49. The van der Waals surface area contributed by atoms with Crippen molar-refractivity contribution in [1.29, 1.82) is 0 Å². The van der Waals surface area contributed by atoms with Crippen molar-refractivity contribution in [2.24, 2.45) is 0 Å². The summed E-state index contributed by atoms with van der Waals surface area (Å²) in [6.45, 7) is 0. The van der Waals surface area contributed by atoms with E-state index < -0.39 is 22.5 Å². The van der Waals surface area contributed by atoms with E-state index in [0.717, 1.165) is 18.2 Å². The van der Waals surface area contributed by atoms with E-state index in [1.165, 1.54) is 0 Å². The van der Waals surface area contributed by atoms with Crippen LogP contribution >= 0.6 is 11.6 Å². The summed E-state index contributed by atoms with van der Waals surface area (Å²) in [6, 6.07) is 2.96. The fraction of sp³-hybridized carbons (Fsp3) is 0.364.